The molecule has 1 aliphatic heterocycles. The van der Waals surface area contributed by atoms with Gasteiger partial charge in [0.15, 0.2) is 11.5 Å². The van der Waals surface area contributed by atoms with Crippen LogP contribution >= 0.6 is 0 Å². The van der Waals surface area contributed by atoms with E-state index in [1.54, 1.807) is 30.3 Å². The van der Waals surface area contributed by atoms with Gasteiger partial charge in [-0.1, -0.05) is 30.4 Å². The van der Waals surface area contributed by atoms with Crippen molar-refractivity contribution in [2.24, 2.45) is 5.92 Å². The van der Waals surface area contributed by atoms with E-state index in [4.69, 9.17) is 9.47 Å². The number of methoxy groups -OCH3 is 2. The van der Waals surface area contributed by atoms with Crippen LogP contribution in [0.5, 0.6) is 11.5 Å². The molecule has 37 heavy (non-hydrogen) atoms. The van der Waals surface area contributed by atoms with Gasteiger partial charge in [0.1, 0.15) is 0 Å². The Bertz CT molecular complexity index is 1470. The number of fused-ring (bicyclic) bond motifs is 3. The number of rotatable bonds is 6. The summed E-state index contributed by atoms with van der Waals surface area (Å²) in [5.74, 6) is 0.430. The van der Waals surface area contributed by atoms with E-state index in [1.807, 2.05) is 12.2 Å². The number of halogens is 3. The van der Waals surface area contributed by atoms with E-state index in [1.165, 1.54) is 38.5 Å². The van der Waals surface area contributed by atoms with Crippen molar-refractivity contribution in [3.05, 3.63) is 89.5 Å². The Morgan fingerprint density at radius 2 is 1.70 bits per heavy atom. The summed E-state index contributed by atoms with van der Waals surface area (Å²) in [4.78, 5) is 0.0519. The second-order valence-electron chi connectivity index (χ2n) is 8.98. The summed E-state index contributed by atoms with van der Waals surface area (Å²) < 4.78 is 80.8. The van der Waals surface area contributed by atoms with Gasteiger partial charge in [-0.25, -0.2) is 8.42 Å². The van der Waals surface area contributed by atoms with Gasteiger partial charge in [0, 0.05) is 17.7 Å². The molecule has 3 atom stereocenters. The van der Waals surface area contributed by atoms with Crippen LogP contribution in [-0.4, -0.2) is 22.6 Å². The summed E-state index contributed by atoms with van der Waals surface area (Å²) in [5.41, 5.74) is 1.16. The molecule has 1 aliphatic carbocycles. The first kappa shape index (κ1) is 25.0. The molecule has 0 amide bonds. The zero-order valence-corrected chi connectivity index (χ0v) is 20.9. The topological polar surface area (TPSA) is 76.7 Å². The summed E-state index contributed by atoms with van der Waals surface area (Å²) in [7, 11) is -1.02. The molecular weight excluding hydrogens is 505 g/mol. The predicted molar refractivity (Wildman–Crippen MR) is 135 cm³/mol. The Morgan fingerprint density at radius 1 is 0.946 bits per heavy atom. The number of alkyl halides is 3. The molecule has 0 spiro atoms. The molecule has 5 rings (SSSR count). The highest BCUT2D eigenvalue weighted by Gasteiger charge is 2.42. The lowest BCUT2D eigenvalue weighted by molar-refractivity contribution is -0.138. The second-order valence-corrected chi connectivity index (χ2v) is 10.7. The zero-order chi connectivity index (χ0) is 26.4. The number of nitrogens with one attached hydrogen (secondary N) is 2. The van der Waals surface area contributed by atoms with Crippen molar-refractivity contribution in [3.8, 4) is 11.5 Å². The summed E-state index contributed by atoms with van der Waals surface area (Å²) in [6, 6.07) is 14.4. The summed E-state index contributed by atoms with van der Waals surface area (Å²) in [6.45, 7) is 0. The number of anilines is 2. The first-order valence-corrected chi connectivity index (χ1v) is 13.1. The van der Waals surface area contributed by atoms with Gasteiger partial charge in [-0.05, 0) is 59.9 Å². The van der Waals surface area contributed by atoms with Crippen molar-refractivity contribution >= 4 is 21.4 Å². The number of hydrogen-bond acceptors (Lipinski definition) is 5. The van der Waals surface area contributed by atoms with Crippen molar-refractivity contribution in [2.45, 2.75) is 29.5 Å². The highest BCUT2D eigenvalue weighted by molar-refractivity contribution is 7.92. The maximum absolute atomic E-state index is 13.8. The van der Waals surface area contributed by atoms with E-state index in [0.29, 0.717) is 29.3 Å². The molecule has 3 aromatic rings. The van der Waals surface area contributed by atoms with Crippen LogP contribution in [0.4, 0.5) is 24.5 Å². The molecule has 0 fully saturated rings. The summed E-state index contributed by atoms with van der Waals surface area (Å²) in [6.07, 6.45) is -0.00721. The zero-order valence-electron chi connectivity index (χ0n) is 20.0. The lowest BCUT2D eigenvalue weighted by atomic mass is 9.76. The van der Waals surface area contributed by atoms with Gasteiger partial charge in [-0.2, -0.15) is 13.2 Å². The minimum absolute atomic E-state index is 0.0519. The van der Waals surface area contributed by atoms with Gasteiger partial charge in [0.05, 0.1) is 36.4 Å². The van der Waals surface area contributed by atoms with Gasteiger partial charge < -0.3 is 14.8 Å². The fraction of sp³-hybridized carbons (Fsp3) is 0.259. The number of ether oxygens (including phenoxy) is 2. The van der Waals surface area contributed by atoms with Crippen LogP contribution in [-0.2, 0) is 16.2 Å². The van der Waals surface area contributed by atoms with Crippen molar-refractivity contribution < 1.29 is 31.1 Å². The number of benzene rings is 3. The van der Waals surface area contributed by atoms with Crippen molar-refractivity contribution in [1.29, 1.82) is 0 Å². The minimum Gasteiger partial charge on any atom is -0.493 e. The predicted octanol–water partition coefficient (Wildman–Crippen LogP) is 6.35. The molecule has 3 aromatic carbocycles. The molecule has 0 bridgehead atoms. The molecule has 6 nitrogen and oxygen atoms in total. The smallest absolute Gasteiger partial charge is 0.416 e. The molecule has 2 aliphatic rings. The van der Waals surface area contributed by atoms with Crippen LogP contribution < -0.4 is 19.5 Å². The Labute approximate surface area is 213 Å². The maximum atomic E-state index is 13.8. The van der Waals surface area contributed by atoms with Crippen LogP contribution in [0.25, 0.3) is 0 Å². The van der Waals surface area contributed by atoms with Crippen LogP contribution in [0.1, 0.15) is 35.1 Å². The maximum Gasteiger partial charge on any atom is 0.416 e. The third-order valence-corrected chi connectivity index (χ3v) is 8.26. The van der Waals surface area contributed by atoms with Crippen LogP contribution in [0, 0.1) is 5.92 Å². The molecule has 0 saturated heterocycles. The van der Waals surface area contributed by atoms with Crippen LogP contribution in [0.3, 0.4) is 0 Å². The molecule has 194 valence electrons. The van der Waals surface area contributed by atoms with E-state index in [0.717, 1.165) is 11.6 Å². The molecule has 0 aromatic heterocycles. The highest BCUT2D eigenvalue weighted by Crippen LogP contribution is 2.52. The molecule has 1 heterocycles. The fourth-order valence-electron chi connectivity index (χ4n) is 5.19. The van der Waals surface area contributed by atoms with E-state index < -0.39 is 27.8 Å². The Kier molecular flexibility index (Phi) is 6.31. The van der Waals surface area contributed by atoms with E-state index in [2.05, 4.69) is 10.0 Å². The number of hydrogen-bond donors (Lipinski definition) is 2. The average molecular weight is 531 g/mol. The molecule has 0 radical (unpaired) electrons. The largest absolute Gasteiger partial charge is 0.493 e. The SMILES string of the molecule is COc1ccc(NS(=O)(=O)c2ccc3c(c2)[C@H]2C=CC[C@H]2[C@@H](c2ccccc2C(F)(F)F)N3)cc1OC. The normalized spacial score (nSPS) is 20.5. The third-order valence-electron chi connectivity index (χ3n) is 6.88. The van der Waals surface area contributed by atoms with Crippen molar-refractivity contribution in [2.75, 3.05) is 24.3 Å². The van der Waals surface area contributed by atoms with Gasteiger partial charge in [0.25, 0.3) is 10.0 Å². The molecule has 2 N–H and O–H groups in total. The second kappa shape index (κ2) is 9.33. The lowest BCUT2D eigenvalue weighted by Crippen LogP contribution is -2.31. The standard InChI is InChI=1S/C27H25F3N2O4S/c1-35-24-13-10-16(14-25(24)36-2)32-37(33,34)17-11-12-23-21(15-17)18-7-5-8-19(18)26(31-23)20-6-3-4-9-22(20)27(28,29)30/h3-7,9-15,18-19,26,31-32H,8H2,1-2H3/t18-,19+,26-/m0/s1. The van der Waals surface area contributed by atoms with Crippen LogP contribution in [0.15, 0.2) is 77.7 Å². The van der Waals surface area contributed by atoms with E-state index in [9.17, 15) is 21.6 Å². The van der Waals surface area contributed by atoms with Gasteiger partial charge in [0.2, 0.25) is 0 Å². The summed E-state index contributed by atoms with van der Waals surface area (Å²) >= 11 is 0. The molecule has 0 unspecified atom stereocenters. The van der Waals surface area contributed by atoms with Crippen LogP contribution in [0.2, 0.25) is 0 Å². The fourth-order valence-corrected chi connectivity index (χ4v) is 6.27. The number of sulfonamides is 1. The monoisotopic (exact) mass is 530 g/mol. The first-order chi connectivity index (χ1) is 17.6. The van der Waals surface area contributed by atoms with Crippen molar-refractivity contribution in [1.82, 2.24) is 0 Å². The summed E-state index contributed by atoms with van der Waals surface area (Å²) in [5, 5.41) is 3.27. The lowest BCUT2D eigenvalue weighted by Gasteiger charge is -2.38. The molecular formula is C27H25F3N2O4S. The van der Waals surface area contributed by atoms with Gasteiger partial charge in [-0.15, -0.1) is 0 Å². The Balaban J connectivity index is 1.48. The molecule has 0 saturated carbocycles. The Hall–Kier alpha value is -3.66. The minimum atomic E-state index is -4.48. The number of allylic oxidation sites excluding steroid dienone is 2. The van der Waals surface area contributed by atoms with E-state index >= 15 is 0 Å². The Morgan fingerprint density at radius 3 is 2.43 bits per heavy atom. The average Bonchev–Trinajstić information content (AvgIpc) is 3.37. The quantitative estimate of drug-likeness (QED) is 0.363. The van der Waals surface area contributed by atoms with Gasteiger partial charge in [-0.3, -0.25) is 4.72 Å². The first-order valence-electron chi connectivity index (χ1n) is 11.6. The van der Waals surface area contributed by atoms with Crippen molar-refractivity contribution in [3.63, 3.8) is 0 Å². The van der Waals surface area contributed by atoms with Gasteiger partial charge >= 0.3 is 6.18 Å². The van der Waals surface area contributed by atoms with E-state index in [-0.39, 0.29) is 22.3 Å². The third kappa shape index (κ3) is 4.61. The molecule has 10 heteroatoms. The highest BCUT2D eigenvalue weighted by atomic mass is 32.2.